The molecule has 0 aliphatic heterocycles. The van der Waals surface area contributed by atoms with Crippen LogP contribution in [0.15, 0.2) is 42.6 Å². The van der Waals surface area contributed by atoms with Crippen LogP contribution in [0.3, 0.4) is 0 Å². The molecule has 2 rings (SSSR count). The number of pyridine rings is 1. The number of nitrogens with one attached hydrogen (secondary N) is 2. The maximum absolute atomic E-state index is 8.76. The van der Waals surface area contributed by atoms with Gasteiger partial charge in [-0.05, 0) is 30.2 Å². The molecule has 0 bridgehead atoms. The lowest BCUT2D eigenvalue weighted by atomic mass is 10.1. The molecule has 102 valence electrons. The molecule has 2 N–H and O–H groups in total. The van der Waals surface area contributed by atoms with Crippen molar-refractivity contribution in [2.45, 2.75) is 19.9 Å². The Morgan fingerprint density at radius 2 is 1.95 bits per heavy atom. The van der Waals surface area contributed by atoms with Crippen LogP contribution < -0.4 is 10.6 Å². The van der Waals surface area contributed by atoms with Gasteiger partial charge in [-0.1, -0.05) is 19.1 Å². The summed E-state index contributed by atoms with van der Waals surface area (Å²) in [6, 6.07) is 13.6. The lowest BCUT2D eigenvalue weighted by Gasteiger charge is -2.09. The highest BCUT2D eigenvalue weighted by Gasteiger charge is 1.98. The predicted octanol–water partition coefficient (Wildman–Crippen LogP) is 3.39. The Bertz CT molecular complexity index is 584. The molecule has 0 spiro atoms. The smallest absolute Gasteiger partial charge is 0.127 e. The topological polar surface area (TPSA) is 60.7 Å². The van der Waals surface area contributed by atoms with E-state index in [1.807, 2.05) is 36.4 Å². The van der Waals surface area contributed by atoms with E-state index in [0.29, 0.717) is 5.56 Å². The first-order chi connectivity index (χ1) is 9.81. The van der Waals surface area contributed by atoms with E-state index >= 15 is 0 Å². The lowest BCUT2D eigenvalue weighted by Crippen LogP contribution is -2.04. The quantitative estimate of drug-likeness (QED) is 0.841. The largest absolute Gasteiger partial charge is 0.381 e. The maximum Gasteiger partial charge on any atom is 0.127 e. The fourth-order valence-electron chi connectivity index (χ4n) is 1.79. The van der Waals surface area contributed by atoms with Gasteiger partial charge in [-0.3, -0.25) is 0 Å². The van der Waals surface area contributed by atoms with E-state index < -0.39 is 0 Å². The summed E-state index contributed by atoms with van der Waals surface area (Å²) in [5, 5.41) is 15.4. The molecule has 0 unspecified atom stereocenters. The van der Waals surface area contributed by atoms with Crippen LogP contribution in [0.2, 0.25) is 0 Å². The Balaban J connectivity index is 1.94. The Labute approximate surface area is 119 Å². The van der Waals surface area contributed by atoms with Gasteiger partial charge >= 0.3 is 0 Å². The highest BCUT2D eigenvalue weighted by molar-refractivity contribution is 5.52. The van der Waals surface area contributed by atoms with E-state index in [-0.39, 0.29) is 0 Å². The average molecular weight is 266 g/mol. The molecular weight excluding hydrogens is 248 g/mol. The van der Waals surface area contributed by atoms with Gasteiger partial charge in [-0.15, -0.1) is 0 Å². The van der Waals surface area contributed by atoms with E-state index in [1.54, 1.807) is 6.20 Å². The second-order valence-corrected chi connectivity index (χ2v) is 4.52. The van der Waals surface area contributed by atoms with Crippen LogP contribution in [-0.4, -0.2) is 11.5 Å². The average Bonchev–Trinajstić information content (AvgIpc) is 2.52. The first-order valence-corrected chi connectivity index (χ1v) is 6.74. The van der Waals surface area contributed by atoms with Crippen LogP contribution >= 0.6 is 0 Å². The van der Waals surface area contributed by atoms with Crippen LogP contribution in [0.1, 0.15) is 24.5 Å². The van der Waals surface area contributed by atoms with Crippen molar-refractivity contribution >= 4 is 11.5 Å². The zero-order chi connectivity index (χ0) is 14.2. The fraction of sp³-hybridized carbons (Fsp3) is 0.250. The SMILES string of the molecule is CCCNc1cc(NCc2ccc(C#N)cc2)ccn1. The number of hydrogen-bond donors (Lipinski definition) is 2. The van der Waals surface area contributed by atoms with Gasteiger partial charge < -0.3 is 10.6 Å². The van der Waals surface area contributed by atoms with E-state index in [2.05, 4.69) is 28.6 Å². The van der Waals surface area contributed by atoms with E-state index in [4.69, 9.17) is 5.26 Å². The monoisotopic (exact) mass is 266 g/mol. The van der Waals surface area contributed by atoms with E-state index in [1.165, 1.54) is 0 Å². The summed E-state index contributed by atoms with van der Waals surface area (Å²) in [5.74, 6) is 0.886. The molecule has 0 radical (unpaired) electrons. The van der Waals surface area contributed by atoms with Gasteiger partial charge in [-0.25, -0.2) is 4.98 Å². The zero-order valence-electron chi connectivity index (χ0n) is 11.6. The zero-order valence-corrected chi connectivity index (χ0v) is 11.6. The van der Waals surface area contributed by atoms with Gasteiger partial charge in [0.25, 0.3) is 0 Å². The summed E-state index contributed by atoms with van der Waals surface area (Å²) >= 11 is 0. The van der Waals surface area contributed by atoms with Crippen molar-refractivity contribution in [1.82, 2.24) is 4.98 Å². The molecule has 0 aliphatic carbocycles. The van der Waals surface area contributed by atoms with Crippen molar-refractivity contribution in [3.05, 3.63) is 53.7 Å². The molecule has 20 heavy (non-hydrogen) atoms. The second kappa shape index (κ2) is 7.15. The molecule has 1 aromatic heterocycles. The highest BCUT2D eigenvalue weighted by atomic mass is 15.0. The lowest BCUT2D eigenvalue weighted by molar-refractivity contribution is 0.969. The molecular formula is C16H18N4. The Morgan fingerprint density at radius 1 is 1.15 bits per heavy atom. The Morgan fingerprint density at radius 3 is 2.65 bits per heavy atom. The number of nitriles is 1. The molecule has 2 aromatic rings. The number of hydrogen-bond acceptors (Lipinski definition) is 4. The molecule has 0 fully saturated rings. The summed E-state index contributed by atoms with van der Waals surface area (Å²) in [5.41, 5.74) is 2.86. The number of anilines is 2. The van der Waals surface area contributed by atoms with Crippen molar-refractivity contribution in [3.8, 4) is 6.07 Å². The van der Waals surface area contributed by atoms with Gasteiger partial charge in [0.1, 0.15) is 5.82 Å². The van der Waals surface area contributed by atoms with Crippen LogP contribution in [0.5, 0.6) is 0 Å². The third kappa shape index (κ3) is 3.99. The minimum Gasteiger partial charge on any atom is -0.381 e. The predicted molar refractivity (Wildman–Crippen MR) is 81.5 cm³/mol. The van der Waals surface area contributed by atoms with Gasteiger partial charge in [0.2, 0.25) is 0 Å². The highest BCUT2D eigenvalue weighted by Crippen LogP contribution is 2.13. The van der Waals surface area contributed by atoms with Crippen LogP contribution in [0, 0.1) is 11.3 Å². The van der Waals surface area contributed by atoms with Crippen molar-refractivity contribution in [2.24, 2.45) is 0 Å². The molecule has 1 heterocycles. The van der Waals surface area contributed by atoms with E-state index in [0.717, 1.165) is 36.6 Å². The molecule has 1 aromatic carbocycles. The number of nitrogens with zero attached hydrogens (tertiary/aromatic N) is 2. The molecule has 4 heteroatoms. The fourth-order valence-corrected chi connectivity index (χ4v) is 1.79. The standard InChI is InChI=1S/C16H18N4/c1-2-8-18-16-10-15(7-9-19-16)20-12-14-5-3-13(11-17)4-6-14/h3-7,9-10H,2,8,12H2,1H3,(H2,18,19,20). The Hall–Kier alpha value is -2.54. The Kier molecular flexibility index (Phi) is 4.96. The molecule has 0 saturated heterocycles. The number of aromatic nitrogens is 1. The summed E-state index contributed by atoms with van der Waals surface area (Å²) in [7, 11) is 0. The summed E-state index contributed by atoms with van der Waals surface area (Å²) in [4.78, 5) is 4.27. The van der Waals surface area contributed by atoms with Crippen molar-refractivity contribution < 1.29 is 0 Å². The molecule has 0 amide bonds. The molecule has 0 saturated carbocycles. The third-order valence-corrected chi connectivity index (χ3v) is 2.90. The minimum atomic E-state index is 0.684. The molecule has 0 atom stereocenters. The molecule has 4 nitrogen and oxygen atoms in total. The minimum absolute atomic E-state index is 0.684. The first-order valence-electron chi connectivity index (χ1n) is 6.74. The summed E-state index contributed by atoms with van der Waals surface area (Å²) in [6.45, 7) is 3.77. The number of benzene rings is 1. The maximum atomic E-state index is 8.76. The molecule has 0 aliphatic rings. The van der Waals surface area contributed by atoms with E-state index in [9.17, 15) is 0 Å². The summed E-state index contributed by atoms with van der Waals surface area (Å²) < 4.78 is 0. The van der Waals surface area contributed by atoms with Crippen molar-refractivity contribution in [2.75, 3.05) is 17.2 Å². The first kappa shape index (κ1) is 13.9. The van der Waals surface area contributed by atoms with Crippen molar-refractivity contribution in [3.63, 3.8) is 0 Å². The van der Waals surface area contributed by atoms with Gasteiger partial charge in [-0.2, -0.15) is 5.26 Å². The van der Waals surface area contributed by atoms with Gasteiger partial charge in [0.15, 0.2) is 0 Å². The van der Waals surface area contributed by atoms with Gasteiger partial charge in [0, 0.05) is 31.0 Å². The number of rotatable bonds is 6. The third-order valence-electron chi connectivity index (χ3n) is 2.90. The van der Waals surface area contributed by atoms with Crippen molar-refractivity contribution in [1.29, 1.82) is 5.26 Å². The van der Waals surface area contributed by atoms with Crippen LogP contribution in [0.25, 0.3) is 0 Å². The van der Waals surface area contributed by atoms with Crippen LogP contribution in [0.4, 0.5) is 11.5 Å². The normalized spacial score (nSPS) is 9.80. The van der Waals surface area contributed by atoms with Crippen LogP contribution in [-0.2, 0) is 6.54 Å². The summed E-state index contributed by atoms with van der Waals surface area (Å²) in [6.07, 6.45) is 2.86. The van der Waals surface area contributed by atoms with Gasteiger partial charge in [0.05, 0.1) is 11.6 Å². The second-order valence-electron chi connectivity index (χ2n) is 4.52.